The van der Waals surface area contributed by atoms with Crippen LogP contribution in [0.5, 0.6) is 0 Å². The van der Waals surface area contributed by atoms with E-state index in [1.54, 1.807) is 24.3 Å². The summed E-state index contributed by atoms with van der Waals surface area (Å²) in [6.07, 6.45) is 0.798. The minimum atomic E-state index is -0.266. The first-order valence-corrected chi connectivity index (χ1v) is 8.75. The first kappa shape index (κ1) is 18.1. The molecule has 0 bridgehead atoms. The maximum absolute atomic E-state index is 12.5. The molecule has 2 amide bonds. The van der Waals surface area contributed by atoms with Gasteiger partial charge in [0.05, 0.1) is 30.4 Å². The summed E-state index contributed by atoms with van der Waals surface area (Å²) in [5, 5.41) is 5.55. The zero-order chi connectivity index (χ0) is 18.4. The van der Waals surface area contributed by atoms with Gasteiger partial charge in [-0.1, -0.05) is 36.4 Å². The third-order valence-electron chi connectivity index (χ3n) is 4.34. The number of nitrogens with two attached hydrogens (primary N) is 1. The number of nitrogens with one attached hydrogen (secondary N) is 2. The zero-order valence-electron chi connectivity index (χ0n) is 14.5. The van der Waals surface area contributed by atoms with Crippen molar-refractivity contribution in [1.82, 2.24) is 5.32 Å². The van der Waals surface area contributed by atoms with Crippen LogP contribution in [0.3, 0.4) is 0 Å². The average Bonchev–Trinajstić information content (AvgIpc) is 2.67. The molecule has 0 saturated carbocycles. The average molecular weight is 353 g/mol. The van der Waals surface area contributed by atoms with Crippen molar-refractivity contribution >= 4 is 17.5 Å². The van der Waals surface area contributed by atoms with E-state index in [1.807, 2.05) is 18.2 Å². The van der Waals surface area contributed by atoms with Crippen molar-refractivity contribution in [3.8, 4) is 0 Å². The second-order valence-corrected chi connectivity index (χ2v) is 6.15. The lowest BCUT2D eigenvalue weighted by Crippen LogP contribution is -2.30. The highest BCUT2D eigenvalue weighted by atomic mass is 16.5. The number of rotatable bonds is 6. The van der Waals surface area contributed by atoms with Crippen molar-refractivity contribution in [2.24, 2.45) is 5.73 Å². The number of carbonyl (C=O) groups excluding carboxylic acids is 2. The quantitative estimate of drug-likeness (QED) is 0.741. The van der Waals surface area contributed by atoms with E-state index in [2.05, 4.69) is 16.7 Å². The molecule has 1 aliphatic rings. The standard InChI is InChI=1S/C20H23N3O3/c21-10-11-22-20(25)16-7-3-4-8-17(16)23-19(24)13-18-15-6-2-1-5-14(15)9-12-26-18/h1-8,18H,9-13,21H2,(H,22,25)(H,23,24). The van der Waals surface area contributed by atoms with Gasteiger partial charge >= 0.3 is 0 Å². The van der Waals surface area contributed by atoms with Gasteiger partial charge in [0.2, 0.25) is 5.91 Å². The number of ether oxygens (including phenoxy) is 1. The summed E-state index contributed by atoms with van der Waals surface area (Å²) in [6.45, 7) is 1.35. The summed E-state index contributed by atoms with van der Waals surface area (Å²) in [4.78, 5) is 24.8. The van der Waals surface area contributed by atoms with Crippen LogP contribution >= 0.6 is 0 Å². The molecule has 136 valence electrons. The van der Waals surface area contributed by atoms with Crippen LogP contribution in [-0.4, -0.2) is 31.5 Å². The Labute approximate surface area is 152 Å². The largest absolute Gasteiger partial charge is 0.373 e. The number of hydrogen-bond acceptors (Lipinski definition) is 4. The predicted molar refractivity (Wildman–Crippen MR) is 99.9 cm³/mol. The van der Waals surface area contributed by atoms with Gasteiger partial charge in [0.25, 0.3) is 5.91 Å². The van der Waals surface area contributed by atoms with E-state index in [9.17, 15) is 9.59 Å². The van der Waals surface area contributed by atoms with Crippen molar-refractivity contribution in [1.29, 1.82) is 0 Å². The second kappa shape index (κ2) is 8.60. The lowest BCUT2D eigenvalue weighted by molar-refractivity contribution is -0.119. The normalized spacial score (nSPS) is 15.8. The molecule has 2 aromatic rings. The third kappa shape index (κ3) is 4.28. The molecule has 2 aromatic carbocycles. The van der Waals surface area contributed by atoms with Crippen LogP contribution in [0, 0.1) is 0 Å². The molecule has 0 radical (unpaired) electrons. The van der Waals surface area contributed by atoms with Crippen LogP contribution in [0.15, 0.2) is 48.5 Å². The summed E-state index contributed by atoms with van der Waals surface area (Å²) < 4.78 is 5.79. The third-order valence-corrected chi connectivity index (χ3v) is 4.34. The van der Waals surface area contributed by atoms with Crippen LogP contribution in [0.1, 0.15) is 34.0 Å². The van der Waals surface area contributed by atoms with E-state index < -0.39 is 0 Å². The molecule has 0 spiro atoms. The van der Waals surface area contributed by atoms with E-state index in [4.69, 9.17) is 10.5 Å². The Kier molecular flexibility index (Phi) is 5.99. The summed E-state index contributed by atoms with van der Waals surface area (Å²) in [5.74, 6) is -0.448. The molecule has 6 heteroatoms. The van der Waals surface area contributed by atoms with Crippen molar-refractivity contribution < 1.29 is 14.3 Å². The highest BCUT2D eigenvalue weighted by Gasteiger charge is 2.23. The molecule has 6 nitrogen and oxygen atoms in total. The number of benzene rings is 2. The van der Waals surface area contributed by atoms with Gasteiger partial charge in [-0.25, -0.2) is 0 Å². The maximum atomic E-state index is 12.5. The molecular formula is C20H23N3O3. The van der Waals surface area contributed by atoms with Gasteiger partial charge in [-0.15, -0.1) is 0 Å². The zero-order valence-corrected chi connectivity index (χ0v) is 14.5. The van der Waals surface area contributed by atoms with Crippen molar-refractivity contribution in [2.75, 3.05) is 25.0 Å². The van der Waals surface area contributed by atoms with E-state index in [1.165, 1.54) is 5.56 Å². The summed E-state index contributed by atoms with van der Waals surface area (Å²) in [5.41, 5.74) is 8.60. The Morgan fingerprint density at radius 1 is 1.12 bits per heavy atom. The lowest BCUT2D eigenvalue weighted by atomic mass is 9.95. The fourth-order valence-electron chi connectivity index (χ4n) is 3.09. The molecule has 0 aliphatic carbocycles. The van der Waals surface area contributed by atoms with Gasteiger partial charge in [0.15, 0.2) is 0 Å². The van der Waals surface area contributed by atoms with E-state index in [0.29, 0.717) is 30.9 Å². The van der Waals surface area contributed by atoms with Crippen LogP contribution < -0.4 is 16.4 Å². The Balaban J connectivity index is 1.69. The monoisotopic (exact) mass is 353 g/mol. The molecular weight excluding hydrogens is 330 g/mol. The highest BCUT2D eigenvalue weighted by Crippen LogP contribution is 2.30. The molecule has 1 aliphatic heterocycles. The molecule has 0 saturated heterocycles. The molecule has 0 aromatic heterocycles. The summed E-state index contributed by atoms with van der Waals surface area (Å²) >= 11 is 0. The fraction of sp³-hybridized carbons (Fsp3) is 0.300. The minimum Gasteiger partial charge on any atom is -0.373 e. The molecule has 26 heavy (non-hydrogen) atoms. The fourth-order valence-corrected chi connectivity index (χ4v) is 3.09. The van der Waals surface area contributed by atoms with Gasteiger partial charge in [-0.3, -0.25) is 9.59 Å². The van der Waals surface area contributed by atoms with Crippen molar-refractivity contribution in [3.63, 3.8) is 0 Å². The number of para-hydroxylation sites is 1. The van der Waals surface area contributed by atoms with Crippen molar-refractivity contribution in [3.05, 3.63) is 65.2 Å². The van der Waals surface area contributed by atoms with Gasteiger partial charge < -0.3 is 21.1 Å². The molecule has 0 fully saturated rings. The number of amides is 2. The first-order valence-electron chi connectivity index (χ1n) is 8.75. The van der Waals surface area contributed by atoms with E-state index in [0.717, 1.165) is 12.0 Å². The van der Waals surface area contributed by atoms with E-state index in [-0.39, 0.29) is 24.3 Å². The summed E-state index contributed by atoms with van der Waals surface area (Å²) in [6, 6.07) is 14.9. The summed E-state index contributed by atoms with van der Waals surface area (Å²) in [7, 11) is 0. The number of anilines is 1. The van der Waals surface area contributed by atoms with Crippen molar-refractivity contribution in [2.45, 2.75) is 18.9 Å². The second-order valence-electron chi connectivity index (χ2n) is 6.15. The number of hydrogen-bond donors (Lipinski definition) is 3. The first-order chi connectivity index (χ1) is 12.7. The Hall–Kier alpha value is -2.70. The smallest absolute Gasteiger partial charge is 0.253 e. The Morgan fingerprint density at radius 3 is 2.73 bits per heavy atom. The van der Waals surface area contributed by atoms with Crippen LogP contribution in [-0.2, 0) is 16.0 Å². The van der Waals surface area contributed by atoms with Gasteiger partial charge in [0.1, 0.15) is 0 Å². The lowest BCUT2D eigenvalue weighted by Gasteiger charge is -2.25. The predicted octanol–water partition coefficient (Wildman–Crippen LogP) is 2.02. The van der Waals surface area contributed by atoms with Crippen LogP contribution in [0.4, 0.5) is 5.69 Å². The molecule has 1 unspecified atom stereocenters. The van der Waals surface area contributed by atoms with E-state index >= 15 is 0 Å². The van der Waals surface area contributed by atoms with Crippen LogP contribution in [0.25, 0.3) is 0 Å². The SMILES string of the molecule is NCCNC(=O)c1ccccc1NC(=O)CC1OCCc2ccccc21. The highest BCUT2D eigenvalue weighted by molar-refractivity contribution is 6.03. The molecule has 3 rings (SSSR count). The maximum Gasteiger partial charge on any atom is 0.253 e. The Morgan fingerprint density at radius 2 is 1.88 bits per heavy atom. The van der Waals surface area contributed by atoms with Crippen LogP contribution in [0.2, 0.25) is 0 Å². The molecule has 1 atom stereocenters. The molecule has 4 N–H and O–H groups in total. The van der Waals surface area contributed by atoms with Gasteiger partial charge in [0, 0.05) is 13.1 Å². The number of carbonyl (C=O) groups is 2. The van der Waals surface area contributed by atoms with Gasteiger partial charge in [-0.2, -0.15) is 0 Å². The minimum absolute atomic E-state index is 0.189. The number of fused-ring (bicyclic) bond motifs is 1. The topological polar surface area (TPSA) is 93.5 Å². The van der Waals surface area contributed by atoms with Gasteiger partial charge in [-0.05, 0) is 29.7 Å². The Bertz CT molecular complexity index is 791. The molecule has 1 heterocycles.